The summed E-state index contributed by atoms with van der Waals surface area (Å²) in [6.45, 7) is 5.88. The lowest BCUT2D eigenvalue weighted by Gasteiger charge is -2.37. The number of carbonyl (C=O) groups excluding carboxylic acids is 3. The number of nitrogens with zero attached hydrogens (tertiary/aromatic N) is 3. The van der Waals surface area contributed by atoms with Crippen LogP contribution in [0, 0.1) is 6.92 Å². The smallest absolute Gasteiger partial charge is 0.341 e. The van der Waals surface area contributed by atoms with Crippen LogP contribution in [0.15, 0.2) is 0 Å². The lowest BCUT2D eigenvalue weighted by Crippen LogP contribution is -2.51. The molecule has 28 heavy (non-hydrogen) atoms. The molecule has 2 aliphatic heterocycles. The molecule has 0 unspecified atom stereocenters. The van der Waals surface area contributed by atoms with Crippen molar-refractivity contribution in [1.29, 1.82) is 0 Å². The second kappa shape index (κ2) is 8.59. The maximum atomic E-state index is 12.7. The normalized spacial score (nSPS) is 19.9. The van der Waals surface area contributed by atoms with Crippen LogP contribution < -0.4 is 5.32 Å². The number of amides is 2. The van der Waals surface area contributed by atoms with Crippen LogP contribution in [0.4, 0.5) is 5.00 Å². The van der Waals surface area contributed by atoms with Gasteiger partial charge < -0.3 is 15.0 Å². The molecule has 1 aromatic heterocycles. The Hall–Kier alpha value is -1.97. The zero-order chi connectivity index (χ0) is 20.4. The number of piperazine rings is 1. The third-order valence-electron chi connectivity index (χ3n) is 5.43. The van der Waals surface area contributed by atoms with E-state index < -0.39 is 5.97 Å². The van der Waals surface area contributed by atoms with Crippen molar-refractivity contribution in [3.63, 3.8) is 0 Å². The van der Waals surface area contributed by atoms with Gasteiger partial charge in [0.2, 0.25) is 5.91 Å². The van der Waals surface area contributed by atoms with Crippen molar-refractivity contribution in [1.82, 2.24) is 14.7 Å². The number of fused-ring (bicyclic) bond motifs is 1. The summed E-state index contributed by atoms with van der Waals surface area (Å²) in [7, 11) is 4.60. The third kappa shape index (κ3) is 4.21. The van der Waals surface area contributed by atoms with Crippen LogP contribution in [0.5, 0.6) is 0 Å². The lowest BCUT2D eigenvalue weighted by molar-refractivity contribution is -0.117. The van der Waals surface area contributed by atoms with Crippen molar-refractivity contribution < 1.29 is 19.1 Å². The minimum Gasteiger partial charge on any atom is -0.465 e. The van der Waals surface area contributed by atoms with E-state index in [0.29, 0.717) is 21.5 Å². The standard InChI is InChI=1S/C19H28N4O4S/c1-12-15(19(26)27-4)17(28-16(12)18(25)21(2)3)20-14(24)11-22-8-9-23-7-5-6-13(23)10-22/h13H,5-11H2,1-4H3,(H,20,24)/t13-/m0/s1. The van der Waals surface area contributed by atoms with Gasteiger partial charge in [-0.3, -0.25) is 19.4 Å². The molecule has 0 aromatic carbocycles. The number of ether oxygens (including phenoxy) is 1. The van der Waals surface area contributed by atoms with Crippen LogP contribution in [0.2, 0.25) is 0 Å². The fraction of sp³-hybridized carbons (Fsp3) is 0.632. The number of hydrogen-bond donors (Lipinski definition) is 1. The molecular weight excluding hydrogens is 380 g/mol. The highest BCUT2D eigenvalue weighted by molar-refractivity contribution is 7.18. The van der Waals surface area contributed by atoms with Crippen LogP contribution in [0.1, 0.15) is 38.4 Å². The number of nitrogens with one attached hydrogen (secondary N) is 1. The molecule has 2 aliphatic rings. The maximum absolute atomic E-state index is 12.7. The number of methoxy groups -OCH3 is 1. The molecule has 1 aromatic rings. The van der Waals surface area contributed by atoms with Gasteiger partial charge in [-0.15, -0.1) is 11.3 Å². The van der Waals surface area contributed by atoms with Gasteiger partial charge in [-0.25, -0.2) is 4.79 Å². The largest absolute Gasteiger partial charge is 0.465 e. The van der Waals surface area contributed by atoms with Gasteiger partial charge in [-0.05, 0) is 31.9 Å². The Bertz CT molecular complexity index is 776. The van der Waals surface area contributed by atoms with Crippen molar-refractivity contribution in [3.05, 3.63) is 16.0 Å². The summed E-state index contributed by atoms with van der Waals surface area (Å²) in [5.41, 5.74) is 0.789. The second-order valence-electron chi connectivity index (χ2n) is 7.57. The Balaban J connectivity index is 1.73. The number of anilines is 1. The van der Waals surface area contributed by atoms with Crippen molar-refractivity contribution >= 4 is 34.1 Å². The van der Waals surface area contributed by atoms with Gasteiger partial charge in [0, 0.05) is 39.8 Å². The summed E-state index contributed by atoms with van der Waals surface area (Å²) < 4.78 is 4.87. The van der Waals surface area contributed by atoms with Crippen LogP contribution in [-0.4, -0.2) is 92.5 Å². The summed E-state index contributed by atoms with van der Waals surface area (Å²) in [5, 5.41) is 3.21. The Morgan fingerprint density at radius 3 is 2.68 bits per heavy atom. The molecule has 154 valence electrons. The molecule has 9 heteroatoms. The summed E-state index contributed by atoms with van der Waals surface area (Å²) in [5.74, 6) is -0.936. The van der Waals surface area contributed by atoms with Gasteiger partial charge in [0.05, 0.1) is 24.1 Å². The Kier molecular flexibility index (Phi) is 6.36. The summed E-state index contributed by atoms with van der Waals surface area (Å²) in [6.07, 6.45) is 2.41. The van der Waals surface area contributed by atoms with Gasteiger partial charge in [0.1, 0.15) is 5.00 Å². The van der Waals surface area contributed by atoms with E-state index in [1.807, 2.05) is 0 Å². The van der Waals surface area contributed by atoms with E-state index in [1.165, 1.54) is 24.9 Å². The van der Waals surface area contributed by atoms with Crippen LogP contribution >= 0.6 is 11.3 Å². The van der Waals surface area contributed by atoms with E-state index in [0.717, 1.165) is 37.5 Å². The Morgan fingerprint density at radius 2 is 2.00 bits per heavy atom. The zero-order valence-electron chi connectivity index (χ0n) is 16.9. The predicted molar refractivity (Wildman–Crippen MR) is 108 cm³/mol. The molecule has 3 rings (SSSR count). The first-order valence-electron chi connectivity index (χ1n) is 9.51. The number of rotatable bonds is 5. The Morgan fingerprint density at radius 1 is 1.25 bits per heavy atom. The van der Waals surface area contributed by atoms with Crippen LogP contribution in [0.3, 0.4) is 0 Å². The topological polar surface area (TPSA) is 82.2 Å². The van der Waals surface area contributed by atoms with Crippen molar-refractivity contribution in [2.75, 3.05) is 59.2 Å². The molecule has 2 fully saturated rings. The van der Waals surface area contributed by atoms with E-state index in [4.69, 9.17) is 4.74 Å². The van der Waals surface area contributed by atoms with E-state index in [1.54, 1.807) is 21.0 Å². The maximum Gasteiger partial charge on any atom is 0.341 e. The number of thiophene rings is 1. The molecule has 0 spiro atoms. The highest BCUT2D eigenvalue weighted by Gasteiger charge is 2.32. The first kappa shape index (κ1) is 20.8. The molecule has 0 bridgehead atoms. The minimum absolute atomic E-state index is 0.179. The molecule has 0 saturated carbocycles. The van der Waals surface area contributed by atoms with E-state index in [9.17, 15) is 14.4 Å². The van der Waals surface area contributed by atoms with Gasteiger partial charge in [0.15, 0.2) is 0 Å². The first-order chi connectivity index (χ1) is 13.3. The monoisotopic (exact) mass is 408 g/mol. The molecule has 0 radical (unpaired) electrons. The average molecular weight is 409 g/mol. The van der Waals surface area contributed by atoms with Gasteiger partial charge >= 0.3 is 5.97 Å². The number of hydrogen-bond acceptors (Lipinski definition) is 7. The zero-order valence-corrected chi connectivity index (χ0v) is 17.7. The molecule has 8 nitrogen and oxygen atoms in total. The van der Waals surface area contributed by atoms with E-state index >= 15 is 0 Å². The molecule has 0 aliphatic carbocycles. The van der Waals surface area contributed by atoms with Gasteiger partial charge in [-0.2, -0.15) is 0 Å². The van der Waals surface area contributed by atoms with Crippen molar-refractivity contribution in [3.8, 4) is 0 Å². The van der Waals surface area contributed by atoms with Crippen LogP contribution in [-0.2, 0) is 9.53 Å². The van der Waals surface area contributed by atoms with Crippen LogP contribution in [0.25, 0.3) is 0 Å². The fourth-order valence-corrected chi connectivity index (χ4v) is 5.16. The van der Waals surface area contributed by atoms with Crippen molar-refractivity contribution in [2.24, 2.45) is 0 Å². The number of carbonyl (C=O) groups is 3. The molecule has 2 saturated heterocycles. The molecule has 2 amide bonds. The lowest BCUT2D eigenvalue weighted by atomic mass is 10.1. The van der Waals surface area contributed by atoms with E-state index in [-0.39, 0.29) is 23.9 Å². The molecular formula is C19H28N4O4S. The summed E-state index contributed by atoms with van der Waals surface area (Å²) >= 11 is 1.12. The van der Waals surface area contributed by atoms with Gasteiger partial charge in [0.25, 0.3) is 5.91 Å². The quantitative estimate of drug-likeness (QED) is 0.739. The third-order valence-corrected chi connectivity index (χ3v) is 6.62. The van der Waals surface area contributed by atoms with Gasteiger partial charge in [-0.1, -0.05) is 0 Å². The first-order valence-corrected chi connectivity index (χ1v) is 10.3. The second-order valence-corrected chi connectivity index (χ2v) is 8.59. The molecule has 3 heterocycles. The van der Waals surface area contributed by atoms with E-state index in [2.05, 4.69) is 15.1 Å². The summed E-state index contributed by atoms with van der Waals surface area (Å²) in [4.78, 5) is 43.8. The minimum atomic E-state index is -0.554. The highest BCUT2D eigenvalue weighted by Crippen LogP contribution is 2.34. The highest BCUT2D eigenvalue weighted by atomic mass is 32.1. The summed E-state index contributed by atoms with van der Waals surface area (Å²) in [6, 6.07) is 0.542. The van der Waals surface area contributed by atoms with Crippen molar-refractivity contribution in [2.45, 2.75) is 25.8 Å². The molecule has 1 atom stereocenters. The molecule has 1 N–H and O–H groups in total. The average Bonchev–Trinajstić information content (AvgIpc) is 3.24. The number of esters is 1. The Labute approximate surface area is 169 Å². The predicted octanol–water partition coefficient (Wildman–Crippen LogP) is 1.26. The SMILES string of the molecule is COC(=O)c1c(NC(=O)CN2CCN3CCC[C@H]3C2)sc(C(=O)N(C)C)c1C. The fourth-order valence-electron chi connectivity index (χ4n) is 3.92.